The third-order valence-electron chi connectivity index (χ3n) is 2.67. The lowest BCUT2D eigenvalue weighted by Crippen LogP contribution is -2.17. The van der Waals surface area contributed by atoms with E-state index in [1.165, 1.54) is 0 Å². The fraction of sp³-hybridized carbons (Fsp3) is 0.583. The topological polar surface area (TPSA) is 89.0 Å². The zero-order chi connectivity index (χ0) is 13.8. The van der Waals surface area contributed by atoms with Crippen molar-refractivity contribution in [2.75, 3.05) is 11.9 Å². The highest BCUT2D eigenvalue weighted by Crippen LogP contribution is 2.19. The molecule has 2 heterocycles. The van der Waals surface area contributed by atoms with Crippen LogP contribution in [0.25, 0.3) is 0 Å². The number of hydrogen-bond donors (Lipinski definition) is 2. The first-order valence-corrected chi connectivity index (χ1v) is 6.35. The van der Waals surface area contributed by atoms with Crippen molar-refractivity contribution in [3.05, 3.63) is 23.7 Å². The second-order valence-corrected chi connectivity index (χ2v) is 4.40. The van der Waals surface area contributed by atoms with Crippen LogP contribution < -0.4 is 10.6 Å². The molecule has 0 saturated carbocycles. The Balaban J connectivity index is 1.99. The third kappa shape index (κ3) is 3.31. The summed E-state index contributed by atoms with van der Waals surface area (Å²) >= 11 is 0. The lowest BCUT2D eigenvalue weighted by atomic mass is 10.3. The average Bonchev–Trinajstić information content (AvgIpc) is 2.98. The fourth-order valence-electron chi connectivity index (χ4n) is 1.68. The molecule has 2 N–H and O–H groups in total. The summed E-state index contributed by atoms with van der Waals surface area (Å²) in [6, 6.07) is 0.270. The largest absolute Gasteiger partial charge is 0.444 e. The van der Waals surface area contributed by atoms with Gasteiger partial charge < -0.3 is 19.5 Å². The molecule has 2 aromatic heterocycles. The minimum absolute atomic E-state index is 0.0346. The molecular weight excluding hydrogens is 246 g/mol. The molecule has 7 heteroatoms. The number of nitrogens with one attached hydrogen (secondary N) is 2. The Morgan fingerprint density at radius 2 is 1.95 bits per heavy atom. The molecule has 0 amide bonds. The molecule has 2 rings (SSSR count). The molecule has 0 radical (unpaired) electrons. The van der Waals surface area contributed by atoms with Crippen LogP contribution >= 0.6 is 0 Å². The molecule has 7 nitrogen and oxygen atoms in total. The van der Waals surface area contributed by atoms with Crippen LogP contribution in [0.15, 0.2) is 15.0 Å². The van der Waals surface area contributed by atoms with Gasteiger partial charge in [0.1, 0.15) is 11.8 Å². The Labute approximate surface area is 111 Å². The standard InChI is InChI=1S/C12H19N5O2/c1-5-13-8(3)11-16-17-12(19-11)15-9(4)10-14-6-7(2)18-10/h6,8-9,13H,5H2,1-4H3,(H,15,17). The summed E-state index contributed by atoms with van der Waals surface area (Å²) in [4.78, 5) is 4.15. The van der Waals surface area contributed by atoms with Gasteiger partial charge in [0.25, 0.3) is 0 Å². The van der Waals surface area contributed by atoms with Gasteiger partial charge in [-0.25, -0.2) is 4.98 Å². The Kier molecular flexibility index (Phi) is 4.16. The molecule has 0 saturated heterocycles. The molecule has 2 atom stereocenters. The Morgan fingerprint density at radius 3 is 2.58 bits per heavy atom. The SMILES string of the molecule is CCNC(C)c1nnc(NC(C)c2ncc(C)o2)o1. The van der Waals surface area contributed by atoms with Crippen LogP contribution in [-0.4, -0.2) is 21.7 Å². The van der Waals surface area contributed by atoms with Crippen LogP contribution in [0.4, 0.5) is 6.01 Å². The highest BCUT2D eigenvalue weighted by Gasteiger charge is 2.17. The van der Waals surface area contributed by atoms with Crippen molar-refractivity contribution in [2.24, 2.45) is 0 Å². The third-order valence-corrected chi connectivity index (χ3v) is 2.67. The van der Waals surface area contributed by atoms with Crippen LogP contribution in [0, 0.1) is 6.92 Å². The van der Waals surface area contributed by atoms with Crippen LogP contribution in [-0.2, 0) is 0 Å². The second-order valence-electron chi connectivity index (χ2n) is 4.40. The van der Waals surface area contributed by atoms with E-state index >= 15 is 0 Å². The van der Waals surface area contributed by atoms with E-state index in [-0.39, 0.29) is 12.1 Å². The van der Waals surface area contributed by atoms with Crippen molar-refractivity contribution in [3.63, 3.8) is 0 Å². The van der Waals surface area contributed by atoms with Gasteiger partial charge in [-0.05, 0) is 27.3 Å². The van der Waals surface area contributed by atoms with Crippen molar-refractivity contribution >= 4 is 6.01 Å². The summed E-state index contributed by atoms with van der Waals surface area (Å²) in [5.74, 6) is 1.92. The van der Waals surface area contributed by atoms with Gasteiger partial charge in [0, 0.05) is 0 Å². The number of oxazole rings is 1. The average molecular weight is 265 g/mol. The molecule has 0 aliphatic heterocycles. The van der Waals surface area contributed by atoms with Crippen molar-refractivity contribution in [3.8, 4) is 0 Å². The van der Waals surface area contributed by atoms with Crippen LogP contribution in [0.1, 0.15) is 50.4 Å². The summed E-state index contributed by atoms with van der Waals surface area (Å²) in [5, 5.41) is 14.2. The van der Waals surface area contributed by atoms with Crippen LogP contribution in [0.2, 0.25) is 0 Å². The molecule has 2 unspecified atom stereocenters. The minimum atomic E-state index is -0.128. The van der Waals surface area contributed by atoms with E-state index in [9.17, 15) is 0 Å². The summed E-state index contributed by atoms with van der Waals surface area (Å²) < 4.78 is 11.0. The Hall–Kier alpha value is -1.89. The van der Waals surface area contributed by atoms with Gasteiger partial charge in [0.15, 0.2) is 0 Å². The Bertz CT molecular complexity index is 522. The zero-order valence-electron chi connectivity index (χ0n) is 11.6. The van der Waals surface area contributed by atoms with Crippen molar-refractivity contribution in [2.45, 2.75) is 39.8 Å². The normalized spacial score (nSPS) is 14.3. The van der Waals surface area contributed by atoms with Gasteiger partial charge in [-0.1, -0.05) is 12.0 Å². The van der Waals surface area contributed by atoms with Gasteiger partial charge in [0.05, 0.1) is 12.2 Å². The van der Waals surface area contributed by atoms with Gasteiger partial charge in [0.2, 0.25) is 11.8 Å². The first kappa shape index (κ1) is 13.5. The lowest BCUT2D eigenvalue weighted by Gasteiger charge is -2.08. The van der Waals surface area contributed by atoms with Gasteiger partial charge in [-0.3, -0.25) is 0 Å². The maximum Gasteiger partial charge on any atom is 0.316 e. The Morgan fingerprint density at radius 1 is 1.16 bits per heavy atom. The van der Waals surface area contributed by atoms with E-state index in [0.29, 0.717) is 17.8 Å². The molecular formula is C12H19N5O2. The first-order chi connectivity index (χ1) is 9.10. The predicted octanol–water partition coefficient (Wildman–Crippen LogP) is 2.21. The molecule has 0 aliphatic carbocycles. The first-order valence-electron chi connectivity index (χ1n) is 6.35. The fourth-order valence-corrected chi connectivity index (χ4v) is 1.68. The number of nitrogens with zero attached hydrogens (tertiary/aromatic N) is 3. The molecule has 0 aromatic carbocycles. The van der Waals surface area contributed by atoms with Crippen molar-refractivity contribution < 1.29 is 8.83 Å². The van der Waals surface area contributed by atoms with Gasteiger partial charge in [-0.2, -0.15) is 0 Å². The second kappa shape index (κ2) is 5.83. The molecule has 0 spiro atoms. The summed E-state index contributed by atoms with van der Waals surface area (Å²) in [5.41, 5.74) is 0. The molecule has 0 aliphatic rings. The number of aryl methyl sites for hydroxylation is 1. The van der Waals surface area contributed by atoms with Gasteiger partial charge >= 0.3 is 6.01 Å². The summed E-state index contributed by atoms with van der Waals surface area (Å²) in [7, 11) is 0. The van der Waals surface area contributed by atoms with Gasteiger partial charge in [-0.15, -0.1) is 5.10 Å². The monoisotopic (exact) mass is 265 g/mol. The smallest absolute Gasteiger partial charge is 0.316 e. The molecule has 0 bridgehead atoms. The van der Waals surface area contributed by atoms with E-state index in [0.717, 1.165) is 12.3 Å². The van der Waals surface area contributed by atoms with Crippen LogP contribution in [0.3, 0.4) is 0 Å². The van der Waals surface area contributed by atoms with E-state index in [4.69, 9.17) is 8.83 Å². The quantitative estimate of drug-likeness (QED) is 0.827. The lowest BCUT2D eigenvalue weighted by molar-refractivity contribution is 0.418. The van der Waals surface area contributed by atoms with E-state index in [2.05, 4.69) is 25.8 Å². The minimum Gasteiger partial charge on any atom is -0.444 e. The van der Waals surface area contributed by atoms with Crippen molar-refractivity contribution in [1.82, 2.24) is 20.5 Å². The number of anilines is 1. The van der Waals surface area contributed by atoms with E-state index < -0.39 is 0 Å². The number of rotatable bonds is 6. The predicted molar refractivity (Wildman–Crippen MR) is 69.7 cm³/mol. The number of aromatic nitrogens is 3. The zero-order valence-corrected chi connectivity index (χ0v) is 11.6. The molecule has 2 aromatic rings. The van der Waals surface area contributed by atoms with Crippen LogP contribution in [0.5, 0.6) is 0 Å². The maximum atomic E-state index is 5.53. The van der Waals surface area contributed by atoms with E-state index in [1.54, 1.807) is 6.20 Å². The van der Waals surface area contributed by atoms with E-state index in [1.807, 2.05) is 27.7 Å². The highest BCUT2D eigenvalue weighted by molar-refractivity contribution is 5.21. The summed E-state index contributed by atoms with van der Waals surface area (Å²) in [6.45, 7) is 8.62. The maximum absolute atomic E-state index is 5.53. The summed E-state index contributed by atoms with van der Waals surface area (Å²) in [6.07, 6.45) is 1.68. The van der Waals surface area contributed by atoms with Crippen molar-refractivity contribution in [1.29, 1.82) is 0 Å². The molecule has 104 valence electrons. The number of hydrogen-bond acceptors (Lipinski definition) is 7. The highest BCUT2D eigenvalue weighted by atomic mass is 16.4. The molecule has 0 fully saturated rings. The molecule has 19 heavy (non-hydrogen) atoms.